The fourth-order valence-electron chi connectivity index (χ4n) is 3.18. The van der Waals surface area contributed by atoms with Crippen molar-refractivity contribution in [2.75, 3.05) is 26.9 Å². The van der Waals surface area contributed by atoms with E-state index in [0.29, 0.717) is 19.6 Å². The number of ether oxygens (including phenoxy) is 2. The van der Waals surface area contributed by atoms with Gasteiger partial charge in [-0.25, -0.2) is 4.98 Å². The Hall–Kier alpha value is -2.86. The molecule has 3 rings (SSSR count). The van der Waals surface area contributed by atoms with E-state index in [1.165, 1.54) is 7.11 Å². The van der Waals surface area contributed by atoms with Crippen molar-refractivity contribution >= 4 is 16.9 Å². The second kappa shape index (κ2) is 9.90. The predicted molar refractivity (Wildman–Crippen MR) is 110 cm³/mol. The molecule has 1 amide bonds. The number of methoxy groups -OCH3 is 1. The third-order valence-corrected chi connectivity index (χ3v) is 4.56. The standard InChI is InChI=1S/C22H27N3O3/c1-17-8-3-6-11-20(17)28-15-7-14-25-19-10-5-4-9-18(19)24-21(25)12-13-23-22(26)16-27-2/h3-6,8-11H,7,12-16H2,1-2H3,(H,23,26). The van der Waals surface area contributed by atoms with E-state index in [2.05, 4.69) is 28.9 Å². The maximum atomic E-state index is 11.6. The minimum Gasteiger partial charge on any atom is -0.493 e. The Morgan fingerprint density at radius 2 is 1.93 bits per heavy atom. The second-order valence-electron chi connectivity index (χ2n) is 6.67. The minimum atomic E-state index is -0.114. The summed E-state index contributed by atoms with van der Waals surface area (Å²) in [6.45, 7) is 4.11. The minimum absolute atomic E-state index is 0.0760. The zero-order chi connectivity index (χ0) is 19.8. The van der Waals surface area contributed by atoms with E-state index in [4.69, 9.17) is 14.5 Å². The second-order valence-corrected chi connectivity index (χ2v) is 6.67. The zero-order valence-electron chi connectivity index (χ0n) is 16.5. The quantitative estimate of drug-likeness (QED) is 0.548. The normalized spacial score (nSPS) is 10.9. The highest BCUT2D eigenvalue weighted by Crippen LogP contribution is 2.19. The molecule has 2 aromatic carbocycles. The molecule has 0 bridgehead atoms. The van der Waals surface area contributed by atoms with Crippen molar-refractivity contribution in [3.63, 3.8) is 0 Å². The lowest BCUT2D eigenvalue weighted by Gasteiger charge is -2.12. The van der Waals surface area contributed by atoms with Gasteiger partial charge >= 0.3 is 0 Å². The summed E-state index contributed by atoms with van der Waals surface area (Å²) in [6, 6.07) is 16.2. The first kappa shape index (κ1) is 19.9. The Kier molecular flexibility index (Phi) is 7.03. The van der Waals surface area contributed by atoms with Crippen LogP contribution in [0.5, 0.6) is 5.75 Å². The molecule has 0 aliphatic carbocycles. The summed E-state index contributed by atoms with van der Waals surface area (Å²) in [5.41, 5.74) is 3.22. The van der Waals surface area contributed by atoms with Gasteiger partial charge in [-0.15, -0.1) is 0 Å². The summed E-state index contributed by atoms with van der Waals surface area (Å²) in [5.74, 6) is 1.78. The molecule has 0 radical (unpaired) electrons. The van der Waals surface area contributed by atoms with Crippen LogP contribution in [0.15, 0.2) is 48.5 Å². The summed E-state index contributed by atoms with van der Waals surface area (Å²) in [6.07, 6.45) is 1.54. The highest BCUT2D eigenvalue weighted by Gasteiger charge is 2.11. The monoisotopic (exact) mass is 381 g/mol. The largest absolute Gasteiger partial charge is 0.493 e. The number of rotatable bonds is 10. The highest BCUT2D eigenvalue weighted by atomic mass is 16.5. The molecule has 148 valence electrons. The number of aromatic nitrogens is 2. The number of amides is 1. The van der Waals surface area contributed by atoms with Crippen molar-refractivity contribution in [1.82, 2.24) is 14.9 Å². The van der Waals surface area contributed by atoms with Crippen LogP contribution in [-0.2, 0) is 22.5 Å². The van der Waals surface area contributed by atoms with Crippen molar-refractivity contribution in [3.8, 4) is 5.75 Å². The van der Waals surface area contributed by atoms with Crippen LogP contribution in [0, 0.1) is 6.92 Å². The lowest BCUT2D eigenvalue weighted by molar-refractivity contribution is -0.124. The predicted octanol–water partition coefficient (Wildman–Crippen LogP) is 3.12. The van der Waals surface area contributed by atoms with E-state index < -0.39 is 0 Å². The van der Waals surface area contributed by atoms with Crippen molar-refractivity contribution in [2.24, 2.45) is 0 Å². The van der Waals surface area contributed by atoms with Crippen LogP contribution in [0.25, 0.3) is 11.0 Å². The van der Waals surface area contributed by atoms with Gasteiger partial charge in [0.05, 0.1) is 17.6 Å². The number of carbonyl (C=O) groups excluding carboxylic acids is 1. The molecule has 0 saturated carbocycles. The molecule has 28 heavy (non-hydrogen) atoms. The number of nitrogens with zero attached hydrogens (tertiary/aromatic N) is 2. The lowest BCUT2D eigenvalue weighted by Crippen LogP contribution is -2.29. The van der Waals surface area contributed by atoms with Crippen LogP contribution < -0.4 is 10.1 Å². The first-order valence-corrected chi connectivity index (χ1v) is 9.57. The molecule has 0 saturated heterocycles. The number of benzene rings is 2. The highest BCUT2D eigenvalue weighted by molar-refractivity contribution is 5.77. The van der Waals surface area contributed by atoms with Gasteiger partial charge in [0, 0.05) is 26.6 Å². The maximum absolute atomic E-state index is 11.6. The van der Waals surface area contributed by atoms with E-state index in [-0.39, 0.29) is 12.5 Å². The number of aryl methyl sites for hydroxylation is 2. The van der Waals surface area contributed by atoms with Crippen LogP contribution in [0.1, 0.15) is 17.8 Å². The van der Waals surface area contributed by atoms with Crippen LogP contribution in [0.2, 0.25) is 0 Å². The van der Waals surface area contributed by atoms with E-state index in [9.17, 15) is 4.79 Å². The number of hydrogen-bond acceptors (Lipinski definition) is 4. The molecule has 0 aliphatic rings. The van der Waals surface area contributed by atoms with Gasteiger partial charge in [-0.1, -0.05) is 30.3 Å². The molecule has 6 nitrogen and oxygen atoms in total. The summed E-state index contributed by atoms with van der Waals surface area (Å²) in [4.78, 5) is 16.3. The first-order valence-electron chi connectivity index (χ1n) is 9.57. The van der Waals surface area contributed by atoms with Gasteiger partial charge < -0.3 is 19.4 Å². The molecule has 1 aromatic heterocycles. The van der Waals surface area contributed by atoms with E-state index in [1.54, 1.807) is 0 Å². The summed E-state index contributed by atoms with van der Waals surface area (Å²) >= 11 is 0. The number of para-hydroxylation sites is 3. The Bertz CT molecular complexity index is 920. The van der Waals surface area contributed by atoms with Gasteiger partial charge in [-0.2, -0.15) is 0 Å². The molecule has 0 spiro atoms. The van der Waals surface area contributed by atoms with E-state index in [0.717, 1.165) is 41.1 Å². The number of carbonyl (C=O) groups is 1. The SMILES string of the molecule is COCC(=O)NCCc1nc2ccccc2n1CCCOc1ccccc1C. The van der Waals surface area contributed by atoms with Crippen molar-refractivity contribution in [1.29, 1.82) is 0 Å². The molecule has 0 fully saturated rings. The van der Waals surface area contributed by atoms with Gasteiger partial charge in [0.25, 0.3) is 0 Å². The van der Waals surface area contributed by atoms with Gasteiger partial charge in [0.1, 0.15) is 18.2 Å². The van der Waals surface area contributed by atoms with Crippen molar-refractivity contribution in [2.45, 2.75) is 26.3 Å². The van der Waals surface area contributed by atoms with Gasteiger partial charge in [-0.3, -0.25) is 4.79 Å². The fourth-order valence-corrected chi connectivity index (χ4v) is 3.18. The molecule has 0 unspecified atom stereocenters. The van der Waals surface area contributed by atoms with E-state index in [1.807, 2.05) is 36.4 Å². The molecule has 3 aromatic rings. The summed E-state index contributed by atoms with van der Waals surface area (Å²) in [7, 11) is 1.51. The average molecular weight is 381 g/mol. The number of nitrogens with one attached hydrogen (secondary N) is 1. The average Bonchev–Trinajstić information content (AvgIpc) is 3.04. The number of imidazole rings is 1. The van der Waals surface area contributed by atoms with E-state index >= 15 is 0 Å². The lowest BCUT2D eigenvalue weighted by atomic mass is 10.2. The van der Waals surface area contributed by atoms with Crippen LogP contribution >= 0.6 is 0 Å². The van der Waals surface area contributed by atoms with Crippen molar-refractivity contribution in [3.05, 3.63) is 59.9 Å². The topological polar surface area (TPSA) is 65.4 Å². The van der Waals surface area contributed by atoms with Gasteiger partial charge in [0.15, 0.2) is 0 Å². The molecule has 6 heteroatoms. The van der Waals surface area contributed by atoms with Gasteiger partial charge in [-0.05, 0) is 37.1 Å². The molecular weight excluding hydrogens is 354 g/mol. The Morgan fingerprint density at radius 3 is 2.75 bits per heavy atom. The Morgan fingerprint density at radius 1 is 1.14 bits per heavy atom. The summed E-state index contributed by atoms with van der Waals surface area (Å²) in [5, 5.41) is 2.86. The molecule has 1 N–H and O–H groups in total. The molecule has 0 atom stereocenters. The molecule has 0 aliphatic heterocycles. The summed E-state index contributed by atoms with van der Waals surface area (Å²) < 4.78 is 13.0. The number of hydrogen-bond donors (Lipinski definition) is 1. The third-order valence-electron chi connectivity index (χ3n) is 4.56. The van der Waals surface area contributed by atoms with Crippen LogP contribution in [-0.4, -0.2) is 42.3 Å². The van der Waals surface area contributed by atoms with Crippen LogP contribution in [0.3, 0.4) is 0 Å². The maximum Gasteiger partial charge on any atom is 0.245 e. The first-order chi connectivity index (χ1) is 13.7. The van der Waals surface area contributed by atoms with Crippen molar-refractivity contribution < 1.29 is 14.3 Å². The number of fused-ring (bicyclic) bond motifs is 1. The zero-order valence-corrected chi connectivity index (χ0v) is 16.5. The fraction of sp³-hybridized carbons (Fsp3) is 0.364. The van der Waals surface area contributed by atoms with Crippen LogP contribution in [0.4, 0.5) is 0 Å². The Labute approximate surface area is 165 Å². The molecular formula is C22H27N3O3. The Balaban J connectivity index is 1.62. The van der Waals surface area contributed by atoms with Gasteiger partial charge in [0.2, 0.25) is 5.91 Å². The third kappa shape index (κ3) is 5.10. The molecule has 1 heterocycles. The smallest absolute Gasteiger partial charge is 0.245 e.